The number of hydrogen-bond donors (Lipinski definition) is 0. The molecule has 0 aromatic carbocycles. The second kappa shape index (κ2) is 4.70. The monoisotopic (exact) mass is 283 g/mol. The van der Waals surface area contributed by atoms with Gasteiger partial charge in [-0.05, 0) is 34.7 Å². The summed E-state index contributed by atoms with van der Waals surface area (Å²) in [6.07, 6.45) is 2.48. The summed E-state index contributed by atoms with van der Waals surface area (Å²) < 4.78 is 0.898. The first-order valence-electron chi connectivity index (χ1n) is 5.82. The highest BCUT2D eigenvalue weighted by Gasteiger charge is 2.27. The first-order valence-corrected chi connectivity index (χ1v) is 6.61. The van der Waals surface area contributed by atoms with Crippen LogP contribution in [0.2, 0.25) is 0 Å². The summed E-state index contributed by atoms with van der Waals surface area (Å²) in [6, 6.07) is 1.99. The first kappa shape index (κ1) is 11.8. The van der Waals surface area contributed by atoms with Crippen LogP contribution in [0.25, 0.3) is 0 Å². The predicted octanol–water partition coefficient (Wildman–Crippen LogP) is 3.21. The van der Waals surface area contributed by atoms with Crippen molar-refractivity contribution in [2.45, 2.75) is 32.6 Å². The van der Waals surface area contributed by atoms with Gasteiger partial charge in [0.1, 0.15) is 16.2 Å². The number of hydrogen-bond acceptors (Lipinski definition) is 3. The van der Waals surface area contributed by atoms with Gasteiger partial charge in [-0.2, -0.15) is 0 Å². The van der Waals surface area contributed by atoms with E-state index < -0.39 is 0 Å². The molecule has 0 bridgehead atoms. The van der Waals surface area contributed by atoms with Crippen molar-refractivity contribution < 1.29 is 0 Å². The van der Waals surface area contributed by atoms with Gasteiger partial charge < -0.3 is 4.90 Å². The minimum Gasteiger partial charge on any atom is -0.359 e. The molecule has 3 nitrogen and oxygen atoms in total. The average molecular weight is 284 g/mol. The average Bonchev–Trinajstić information content (AvgIpc) is 2.98. The van der Waals surface area contributed by atoms with Crippen molar-refractivity contribution in [3.63, 3.8) is 0 Å². The summed E-state index contributed by atoms with van der Waals surface area (Å²) >= 11 is 3.47. The molecule has 0 radical (unpaired) electrons. The van der Waals surface area contributed by atoms with Crippen LogP contribution in [0.4, 0.5) is 5.82 Å². The smallest absolute Gasteiger partial charge is 0.135 e. The number of halogens is 1. The minimum atomic E-state index is 0.601. The highest BCUT2D eigenvalue weighted by Crippen LogP contribution is 2.39. The lowest BCUT2D eigenvalue weighted by Crippen LogP contribution is -2.24. The lowest BCUT2D eigenvalue weighted by atomic mass is 10.2. The van der Waals surface area contributed by atoms with Crippen LogP contribution < -0.4 is 4.90 Å². The van der Waals surface area contributed by atoms with E-state index in [1.807, 2.05) is 6.07 Å². The van der Waals surface area contributed by atoms with Gasteiger partial charge in [-0.3, -0.25) is 0 Å². The molecular weight excluding hydrogens is 266 g/mol. The Morgan fingerprint density at radius 3 is 2.69 bits per heavy atom. The SMILES string of the molecule is CC(C)CN(C)c1cc(Br)nc(C2CC2)n1. The molecule has 1 aromatic heterocycles. The van der Waals surface area contributed by atoms with Crippen molar-refractivity contribution in [1.82, 2.24) is 9.97 Å². The van der Waals surface area contributed by atoms with E-state index >= 15 is 0 Å². The third-order valence-corrected chi connectivity index (χ3v) is 3.08. The quantitative estimate of drug-likeness (QED) is 0.795. The third-order valence-electron chi connectivity index (χ3n) is 2.67. The Labute approximate surface area is 105 Å². The van der Waals surface area contributed by atoms with E-state index in [-0.39, 0.29) is 0 Å². The Bertz CT molecular complexity index is 375. The zero-order valence-corrected chi connectivity index (χ0v) is 11.7. The molecule has 0 amide bonds. The second-order valence-electron chi connectivity index (χ2n) is 4.96. The van der Waals surface area contributed by atoms with Crippen LogP contribution in [0, 0.1) is 5.92 Å². The van der Waals surface area contributed by atoms with Crippen molar-refractivity contribution in [1.29, 1.82) is 0 Å². The van der Waals surface area contributed by atoms with Gasteiger partial charge in [0.25, 0.3) is 0 Å². The molecule has 88 valence electrons. The molecule has 1 aliphatic rings. The van der Waals surface area contributed by atoms with E-state index in [2.05, 4.69) is 51.7 Å². The molecule has 1 heterocycles. The zero-order valence-electron chi connectivity index (χ0n) is 10.1. The fourth-order valence-corrected chi connectivity index (χ4v) is 2.17. The fourth-order valence-electron chi connectivity index (χ4n) is 1.78. The molecule has 0 spiro atoms. The molecular formula is C12H18BrN3. The first-order chi connectivity index (χ1) is 7.56. The summed E-state index contributed by atoms with van der Waals surface area (Å²) in [5, 5.41) is 0. The molecule has 2 rings (SSSR count). The van der Waals surface area contributed by atoms with Crippen molar-refractivity contribution in [3.05, 3.63) is 16.5 Å². The van der Waals surface area contributed by atoms with Gasteiger partial charge >= 0.3 is 0 Å². The molecule has 0 aliphatic heterocycles. The van der Waals surface area contributed by atoms with Crippen LogP contribution in [-0.2, 0) is 0 Å². The van der Waals surface area contributed by atoms with Crippen LogP contribution in [0.15, 0.2) is 10.7 Å². The summed E-state index contributed by atoms with van der Waals surface area (Å²) in [6.45, 7) is 5.45. The number of nitrogens with zero attached hydrogens (tertiary/aromatic N) is 3. The Balaban J connectivity index is 2.19. The topological polar surface area (TPSA) is 29.0 Å². The summed E-state index contributed by atoms with van der Waals surface area (Å²) in [4.78, 5) is 11.3. The highest BCUT2D eigenvalue weighted by molar-refractivity contribution is 9.10. The molecule has 0 atom stereocenters. The van der Waals surface area contributed by atoms with E-state index in [0.29, 0.717) is 11.8 Å². The lowest BCUT2D eigenvalue weighted by Gasteiger charge is -2.20. The van der Waals surface area contributed by atoms with Crippen molar-refractivity contribution in [2.75, 3.05) is 18.5 Å². The maximum absolute atomic E-state index is 4.63. The number of aromatic nitrogens is 2. The van der Waals surface area contributed by atoms with E-state index in [9.17, 15) is 0 Å². The molecule has 1 saturated carbocycles. The van der Waals surface area contributed by atoms with Crippen LogP contribution in [-0.4, -0.2) is 23.6 Å². The third kappa shape index (κ3) is 2.94. The Hall–Kier alpha value is -0.640. The molecule has 1 aromatic rings. The maximum atomic E-state index is 4.63. The van der Waals surface area contributed by atoms with Gasteiger partial charge in [-0.15, -0.1) is 0 Å². The van der Waals surface area contributed by atoms with Crippen LogP contribution in [0.3, 0.4) is 0 Å². The molecule has 1 fully saturated rings. The second-order valence-corrected chi connectivity index (χ2v) is 5.77. The van der Waals surface area contributed by atoms with Crippen molar-refractivity contribution >= 4 is 21.7 Å². The van der Waals surface area contributed by atoms with Crippen LogP contribution in [0.1, 0.15) is 38.4 Å². The zero-order chi connectivity index (χ0) is 11.7. The largest absolute Gasteiger partial charge is 0.359 e. The molecule has 4 heteroatoms. The minimum absolute atomic E-state index is 0.601. The van der Waals surface area contributed by atoms with Crippen LogP contribution in [0.5, 0.6) is 0 Å². The highest BCUT2D eigenvalue weighted by atomic mass is 79.9. The molecule has 0 unspecified atom stereocenters. The van der Waals surface area contributed by atoms with Gasteiger partial charge in [0.15, 0.2) is 0 Å². The Kier molecular flexibility index (Phi) is 3.47. The molecule has 1 aliphatic carbocycles. The normalized spacial score (nSPS) is 15.6. The van der Waals surface area contributed by atoms with Gasteiger partial charge in [-0.1, -0.05) is 13.8 Å². The van der Waals surface area contributed by atoms with Gasteiger partial charge in [-0.25, -0.2) is 9.97 Å². The van der Waals surface area contributed by atoms with Crippen molar-refractivity contribution in [3.8, 4) is 0 Å². The summed E-state index contributed by atoms with van der Waals surface area (Å²) in [5.41, 5.74) is 0. The van der Waals surface area contributed by atoms with Crippen LogP contribution >= 0.6 is 15.9 Å². The molecule has 16 heavy (non-hydrogen) atoms. The summed E-state index contributed by atoms with van der Waals surface area (Å²) in [5.74, 6) is 3.27. The summed E-state index contributed by atoms with van der Waals surface area (Å²) in [7, 11) is 2.09. The van der Waals surface area contributed by atoms with Gasteiger partial charge in [0.05, 0.1) is 0 Å². The van der Waals surface area contributed by atoms with E-state index in [1.165, 1.54) is 12.8 Å². The van der Waals surface area contributed by atoms with E-state index in [1.54, 1.807) is 0 Å². The molecule has 0 saturated heterocycles. The number of anilines is 1. The van der Waals surface area contributed by atoms with Crippen molar-refractivity contribution in [2.24, 2.45) is 5.92 Å². The Morgan fingerprint density at radius 1 is 1.44 bits per heavy atom. The lowest BCUT2D eigenvalue weighted by molar-refractivity contribution is 0.632. The standard InChI is InChI=1S/C12H18BrN3/c1-8(2)7-16(3)11-6-10(13)14-12(15-11)9-4-5-9/h6,8-9H,4-5,7H2,1-3H3. The predicted molar refractivity (Wildman–Crippen MR) is 69.8 cm³/mol. The van der Waals surface area contributed by atoms with Gasteiger partial charge in [0, 0.05) is 25.6 Å². The number of rotatable bonds is 4. The fraction of sp³-hybridized carbons (Fsp3) is 0.667. The van der Waals surface area contributed by atoms with E-state index in [0.717, 1.165) is 22.8 Å². The van der Waals surface area contributed by atoms with Gasteiger partial charge in [0.2, 0.25) is 0 Å². The Morgan fingerprint density at radius 2 is 2.12 bits per heavy atom. The van der Waals surface area contributed by atoms with E-state index in [4.69, 9.17) is 0 Å². The molecule has 0 N–H and O–H groups in total. The maximum Gasteiger partial charge on any atom is 0.135 e.